The predicted octanol–water partition coefficient (Wildman–Crippen LogP) is 1.86. The van der Waals surface area contributed by atoms with E-state index in [-0.39, 0.29) is 5.54 Å². The molecule has 0 spiro atoms. The van der Waals surface area contributed by atoms with Gasteiger partial charge in [0.05, 0.1) is 0 Å². The molecule has 0 radical (unpaired) electrons. The summed E-state index contributed by atoms with van der Waals surface area (Å²) in [5.41, 5.74) is -0.0553. The highest BCUT2D eigenvalue weighted by Crippen LogP contribution is 2.18. The van der Waals surface area contributed by atoms with Gasteiger partial charge < -0.3 is 14.6 Å². The molecule has 1 unspecified atom stereocenters. The molecule has 2 heterocycles. The van der Waals surface area contributed by atoms with Crippen LogP contribution in [0.4, 0.5) is 6.01 Å². The minimum absolute atomic E-state index is 0.0553. The first-order valence-corrected chi connectivity index (χ1v) is 5.71. The normalized spacial score (nSPS) is 21.3. The number of hydrogen-bond donors (Lipinski definition) is 1. The number of nitrogens with one attached hydrogen (secondary N) is 1. The predicted molar refractivity (Wildman–Crippen MR) is 60.3 cm³/mol. The standard InChI is InChI=1S/C11H19N3O2/c1-11(2,3)13-10-12-9(14-16-10)6-8-4-5-15-7-8/h8H,4-7H2,1-3H3,(H,12,13,14). The van der Waals surface area contributed by atoms with Crippen LogP contribution >= 0.6 is 0 Å². The van der Waals surface area contributed by atoms with Gasteiger partial charge in [0.2, 0.25) is 0 Å². The van der Waals surface area contributed by atoms with Crippen molar-refractivity contribution in [3.05, 3.63) is 5.82 Å². The summed E-state index contributed by atoms with van der Waals surface area (Å²) in [6.45, 7) is 7.84. The zero-order valence-electron chi connectivity index (χ0n) is 10.1. The summed E-state index contributed by atoms with van der Waals surface area (Å²) in [5.74, 6) is 1.31. The average molecular weight is 225 g/mol. The summed E-state index contributed by atoms with van der Waals surface area (Å²) in [5, 5.41) is 7.11. The van der Waals surface area contributed by atoms with Crippen molar-refractivity contribution in [2.45, 2.75) is 39.2 Å². The molecule has 1 N–H and O–H groups in total. The van der Waals surface area contributed by atoms with Gasteiger partial charge in [-0.1, -0.05) is 5.16 Å². The van der Waals surface area contributed by atoms with Crippen LogP contribution in [0.15, 0.2) is 4.52 Å². The van der Waals surface area contributed by atoms with E-state index in [1.165, 1.54) is 0 Å². The van der Waals surface area contributed by atoms with Gasteiger partial charge in [-0.15, -0.1) is 0 Å². The topological polar surface area (TPSA) is 60.2 Å². The van der Waals surface area contributed by atoms with E-state index in [1.54, 1.807) is 0 Å². The monoisotopic (exact) mass is 225 g/mol. The summed E-state index contributed by atoms with van der Waals surface area (Å²) in [6.07, 6.45) is 1.94. The second-order valence-corrected chi connectivity index (χ2v) is 5.32. The van der Waals surface area contributed by atoms with Crippen LogP contribution in [0.3, 0.4) is 0 Å². The Balaban J connectivity index is 1.91. The van der Waals surface area contributed by atoms with Crippen LogP contribution < -0.4 is 5.32 Å². The van der Waals surface area contributed by atoms with Gasteiger partial charge in [0.1, 0.15) is 0 Å². The third-order valence-electron chi connectivity index (χ3n) is 2.45. The Morgan fingerprint density at radius 2 is 2.25 bits per heavy atom. The Morgan fingerprint density at radius 3 is 2.88 bits per heavy atom. The van der Waals surface area contributed by atoms with Gasteiger partial charge in [-0.3, -0.25) is 0 Å². The van der Waals surface area contributed by atoms with E-state index < -0.39 is 0 Å². The maximum Gasteiger partial charge on any atom is 0.321 e. The van der Waals surface area contributed by atoms with Crippen LogP contribution in [0.2, 0.25) is 0 Å². The third kappa shape index (κ3) is 3.20. The lowest BCUT2D eigenvalue weighted by atomic mass is 10.1. The molecule has 0 bridgehead atoms. The number of anilines is 1. The summed E-state index contributed by atoms with van der Waals surface area (Å²) in [7, 11) is 0. The molecule has 1 fully saturated rings. The number of hydrogen-bond acceptors (Lipinski definition) is 5. The van der Waals surface area contributed by atoms with E-state index in [9.17, 15) is 0 Å². The van der Waals surface area contributed by atoms with Crippen molar-refractivity contribution in [3.63, 3.8) is 0 Å². The molecule has 16 heavy (non-hydrogen) atoms. The molecule has 1 aliphatic rings. The molecule has 1 aromatic rings. The lowest BCUT2D eigenvalue weighted by Gasteiger charge is -2.17. The molecule has 0 amide bonds. The van der Waals surface area contributed by atoms with Crippen molar-refractivity contribution in [1.82, 2.24) is 10.1 Å². The van der Waals surface area contributed by atoms with E-state index in [2.05, 4.69) is 36.2 Å². The fourth-order valence-corrected chi connectivity index (χ4v) is 1.71. The molecule has 90 valence electrons. The van der Waals surface area contributed by atoms with Gasteiger partial charge in [-0.2, -0.15) is 4.98 Å². The van der Waals surface area contributed by atoms with E-state index in [0.29, 0.717) is 11.9 Å². The Kier molecular flexibility index (Phi) is 3.14. The molecule has 0 aromatic carbocycles. The Morgan fingerprint density at radius 1 is 1.44 bits per heavy atom. The Labute approximate surface area is 95.6 Å². The molecular weight excluding hydrogens is 206 g/mol. The average Bonchev–Trinajstić information content (AvgIpc) is 2.75. The van der Waals surface area contributed by atoms with Crippen LogP contribution in [0.5, 0.6) is 0 Å². The highest BCUT2D eigenvalue weighted by atomic mass is 16.5. The highest BCUT2D eigenvalue weighted by Gasteiger charge is 2.20. The first-order valence-electron chi connectivity index (χ1n) is 5.71. The lowest BCUT2D eigenvalue weighted by molar-refractivity contribution is 0.185. The lowest BCUT2D eigenvalue weighted by Crippen LogP contribution is -2.26. The molecule has 2 rings (SSSR count). The van der Waals surface area contributed by atoms with Crippen LogP contribution in [-0.4, -0.2) is 28.9 Å². The van der Waals surface area contributed by atoms with E-state index >= 15 is 0 Å². The summed E-state index contributed by atoms with van der Waals surface area (Å²) < 4.78 is 10.5. The molecule has 0 aliphatic carbocycles. The van der Waals surface area contributed by atoms with Gasteiger partial charge in [-0.05, 0) is 33.1 Å². The van der Waals surface area contributed by atoms with E-state index in [1.807, 2.05) is 0 Å². The maximum atomic E-state index is 5.31. The zero-order valence-corrected chi connectivity index (χ0v) is 10.1. The SMILES string of the molecule is CC(C)(C)Nc1nc(CC2CCOC2)no1. The number of aromatic nitrogens is 2. The first kappa shape index (κ1) is 11.4. The molecule has 1 aliphatic heterocycles. The Bertz CT molecular complexity index is 337. The summed E-state index contributed by atoms with van der Waals surface area (Å²) in [4.78, 5) is 4.31. The van der Waals surface area contributed by atoms with Crippen molar-refractivity contribution in [2.75, 3.05) is 18.5 Å². The number of nitrogens with zero attached hydrogens (tertiary/aromatic N) is 2. The van der Waals surface area contributed by atoms with Crippen molar-refractivity contribution < 1.29 is 9.26 Å². The fourth-order valence-electron chi connectivity index (χ4n) is 1.71. The number of ether oxygens (including phenoxy) is 1. The quantitative estimate of drug-likeness (QED) is 0.850. The largest absolute Gasteiger partial charge is 0.381 e. The van der Waals surface area contributed by atoms with Crippen molar-refractivity contribution >= 4 is 6.01 Å². The minimum Gasteiger partial charge on any atom is -0.381 e. The van der Waals surface area contributed by atoms with Gasteiger partial charge in [-0.25, -0.2) is 0 Å². The highest BCUT2D eigenvalue weighted by molar-refractivity contribution is 5.22. The van der Waals surface area contributed by atoms with Crippen molar-refractivity contribution in [2.24, 2.45) is 5.92 Å². The number of rotatable bonds is 3. The van der Waals surface area contributed by atoms with E-state index in [4.69, 9.17) is 9.26 Å². The first-order chi connectivity index (χ1) is 7.53. The Hall–Kier alpha value is -1.10. The van der Waals surface area contributed by atoms with Crippen LogP contribution in [0, 0.1) is 5.92 Å². The van der Waals surface area contributed by atoms with Crippen LogP contribution in [-0.2, 0) is 11.2 Å². The fraction of sp³-hybridized carbons (Fsp3) is 0.818. The van der Waals surface area contributed by atoms with E-state index in [0.717, 1.165) is 31.9 Å². The molecule has 5 heteroatoms. The van der Waals surface area contributed by atoms with Crippen LogP contribution in [0.25, 0.3) is 0 Å². The zero-order chi connectivity index (χ0) is 11.6. The van der Waals surface area contributed by atoms with Gasteiger partial charge in [0.15, 0.2) is 5.82 Å². The smallest absolute Gasteiger partial charge is 0.321 e. The molecular formula is C11H19N3O2. The second-order valence-electron chi connectivity index (χ2n) is 5.32. The summed E-state index contributed by atoms with van der Waals surface area (Å²) >= 11 is 0. The molecule has 1 atom stereocenters. The summed E-state index contributed by atoms with van der Waals surface area (Å²) in [6, 6.07) is 0.501. The molecule has 0 saturated carbocycles. The minimum atomic E-state index is -0.0553. The van der Waals surface area contributed by atoms with Gasteiger partial charge >= 0.3 is 6.01 Å². The molecule has 1 aromatic heterocycles. The molecule has 5 nitrogen and oxygen atoms in total. The van der Waals surface area contributed by atoms with Gasteiger partial charge in [0.25, 0.3) is 0 Å². The molecule has 1 saturated heterocycles. The van der Waals surface area contributed by atoms with Gasteiger partial charge in [0, 0.05) is 25.2 Å². The third-order valence-corrected chi connectivity index (χ3v) is 2.45. The maximum absolute atomic E-state index is 5.31. The van der Waals surface area contributed by atoms with Crippen LogP contribution in [0.1, 0.15) is 33.0 Å². The van der Waals surface area contributed by atoms with Crippen molar-refractivity contribution in [1.29, 1.82) is 0 Å². The van der Waals surface area contributed by atoms with Crippen molar-refractivity contribution in [3.8, 4) is 0 Å². The second kappa shape index (κ2) is 4.41.